The number of hydrogen-bond donors (Lipinski definition) is 0. The summed E-state index contributed by atoms with van der Waals surface area (Å²) in [5.41, 5.74) is 0.487. The van der Waals surface area contributed by atoms with Crippen LogP contribution in [0.2, 0.25) is 5.15 Å². The zero-order valence-electron chi connectivity index (χ0n) is 9.85. The first-order valence-electron chi connectivity index (χ1n) is 5.35. The Bertz CT molecular complexity index is 422. The van der Waals surface area contributed by atoms with Crippen molar-refractivity contribution in [3.63, 3.8) is 0 Å². The molecule has 0 saturated carbocycles. The largest absolute Gasteiger partial charge is 0.335 e. The van der Waals surface area contributed by atoms with Crippen molar-refractivity contribution in [2.45, 2.75) is 26.3 Å². The topological polar surface area (TPSA) is 57.0 Å². The van der Waals surface area contributed by atoms with Crippen LogP contribution in [0.25, 0.3) is 0 Å². The Morgan fingerprint density at radius 1 is 1.59 bits per heavy atom. The molecule has 1 rings (SSSR count). The maximum absolute atomic E-state index is 12.1. The minimum absolute atomic E-state index is 0.0477. The fourth-order valence-electron chi connectivity index (χ4n) is 1.43. The van der Waals surface area contributed by atoms with Gasteiger partial charge in [-0.3, -0.25) is 4.79 Å². The standard InChI is InChI=1S/C12H14ClN3O/c1-9(2)16(7-3-6-14)12(17)10-4-5-11(13)15-8-10/h4-5,8-9H,3,7H2,1-2H3. The van der Waals surface area contributed by atoms with E-state index in [1.54, 1.807) is 17.0 Å². The van der Waals surface area contributed by atoms with Crippen LogP contribution in [0.4, 0.5) is 0 Å². The van der Waals surface area contributed by atoms with Gasteiger partial charge in [0.15, 0.2) is 0 Å². The van der Waals surface area contributed by atoms with Crippen LogP contribution in [0, 0.1) is 11.3 Å². The molecular formula is C12H14ClN3O. The molecule has 1 aromatic heterocycles. The first-order chi connectivity index (χ1) is 8.06. The first kappa shape index (κ1) is 13.5. The van der Waals surface area contributed by atoms with E-state index in [1.165, 1.54) is 6.20 Å². The summed E-state index contributed by atoms with van der Waals surface area (Å²) in [6.07, 6.45) is 1.78. The molecule has 0 radical (unpaired) electrons. The van der Waals surface area contributed by atoms with Crippen LogP contribution in [0.3, 0.4) is 0 Å². The lowest BCUT2D eigenvalue weighted by Gasteiger charge is -2.25. The molecule has 90 valence electrons. The van der Waals surface area contributed by atoms with Crippen molar-refractivity contribution < 1.29 is 4.79 Å². The molecule has 1 aromatic rings. The second-order valence-electron chi connectivity index (χ2n) is 3.87. The second kappa shape index (κ2) is 6.21. The molecule has 1 amide bonds. The molecule has 4 nitrogen and oxygen atoms in total. The Hall–Kier alpha value is -1.60. The molecule has 17 heavy (non-hydrogen) atoms. The van der Waals surface area contributed by atoms with Gasteiger partial charge >= 0.3 is 0 Å². The highest BCUT2D eigenvalue weighted by molar-refractivity contribution is 6.29. The number of nitrogens with zero attached hydrogens (tertiary/aromatic N) is 3. The van der Waals surface area contributed by atoms with Crippen LogP contribution in [0.15, 0.2) is 18.3 Å². The Morgan fingerprint density at radius 2 is 2.29 bits per heavy atom. The van der Waals surface area contributed by atoms with E-state index in [4.69, 9.17) is 16.9 Å². The summed E-state index contributed by atoms with van der Waals surface area (Å²) in [6.45, 7) is 4.26. The first-order valence-corrected chi connectivity index (χ1v) is 5.73. The van der Waals surface area contributed by atoms with Gasteiger partial charge in [0.1, 0.15) is 5.15 Å². The fourth-order valence-corrected chi connectivity index (χ4v) is 1.54. The van der Waals surface area contributed by atoms with Crippen molar-refractivity contribution in [1.29, 1.82) is 5.26 Å². The van der Waals surface area contributed by atoms with E-state index in [-0.39, 0.29) is 11.9 Å². The summed E-state index contributed by atoms with van der Waals surface area (Å²) < 4.78 is 0. The maximum atomic E-state index is 12.1. The molecule has 0 aliphatic rings. The molecule has 0 atom stereocenters. The molecule has 0 aliphatic heterocycles. The SMILES string of the molecule is CC(C)N(CCC#N)C(=O)c1ccc(Cl)nc1. The van der Waals surface area contributed by atoms with Gasteiger partial charge in [-0.15, -0.1) is 0 Å². The van der Waals surface area contributed by atoms with E-state index in [0.29, 0.717) is 23.7 Å². The highest BCUT2D eigenvalue weighted by Crippen LogP contribution is 2.10. The third kappa shape index (κ3) is 3.72. The van der Waals surface area contributed by atoms with Gasteiger partial charge < -0.3 is 4.90 Å². The molecule has 0 spiro atoms. The zero-order valence-corrected chi connectivity index (χ0v) is 10.6. The third-order valence-corrected chi connectivity index (χ3v) is 2.55. The summed E-state index contributed by atoms with van der Waals surface area (Å²) in [6, 6.07) is 5.30. The molecule has 0 aromatic carbocycles. The highest BCUT2D eigenvalue weighted by atomic mass is 35.5. The lowest BCUT2D eigenvalue weighted by molar-refractivity contribution is 0.0710. The Kier molecular flexibility index (Phi) is 4.92. The summed E-state index contributed by atoms with van der Waals surface area (Å²) in [5.74, 6) is -0.126. The summed E-state index contributed by atoms with van der Waals surface area (Å²) in [4.78, 5) is 17.7. The van der Waals surface area contributed by atoms with Crippen molar-refractivity contribution in [1.82, 2.24) is 9.88 Å². The van der Waals surface area contributed by atoms with E-state index < -0.39 is 0 Å². The van der Waals surface area contributed by atoms with Gasteiger partial charge in [0.25, 0.3) is 5.91 Å². The number of hydrogen-bond acceptors (Lipinski definition) is 3. The van der Waals surface area contributed by atoms with Crippen LogP contribution < -0.4 is 0 Å². The number of carbonyl (C=O) groups is 1. The number of carbonyl (C=O) groups excluding carboxylic acids is 1. The van der Waals surface area contributed by atoms with Gasteiger partial charge in [-0.05, 0) is 26.0 Å². The van der Waals surface area contributed by atoms with Crippen LogP contribution in [0.5, 0.6) is 0 Å². The van der Waals surface area contributed by atoms with Gasteiger partial charge in [0.05, 0.1) is 18.1 Å². The molecule has 1 heterocycles. The maximum Gasteiger partial charge on any atom is 0.255 e. The quantitative estimate of drug-likeness (QED) is 0.773. The molecule has 0 unspecified atom stereocenters. The highest BCUT2D eigenvalue weighted by Gasteiger charge is 2.18. The number of pyridine rings is 1. The van der Waals surface area contributed by atoms with Crippen molar-refractivity contribution in [2.24, 2.45) is 0 Å². The van der Waals surface area contributed by atoms with Crippen LogP contribution in [0.1, 0.15) is 30.6 Å². The Balaban J connectivity index is 2.84. The molecule has 0 bridgehead atoms. The minimum atomic E-state index is -0.126. The number of halogens is 1. The van der Waals surface area contributed by atoms with E-state index in [9.17, 15) is 4.79 Å². The van der Waals surface area contributed by atoms with E-state index in [0.717, 1.165) is 0 Å². The number of nitriles is 1. The van der Waals surface area contributed by atoms with Gasteiger partial charge in [0.2, 0.25) is 0 Å². The van der Waals surface area contributed by atoms with Crippen LogP contribution in [-0.2, 0) is 0 Å². The average Bonchev–Trinajstić information content (AvgIpc) is 2.29. The van der Waals surface area contributed by atoms with Crippen LogP contribution in [-0.4, -0.2) is 28.4 Å². The number of rotatable bonds is 4. The van der Waals surface area contributed by atoms with Gasteiger partial charge in [0, 0.05) is 18.8 Å². The fraction of sp³-hybridized carbons (Fsp3) is 0.417. The average molecular weight is 252 g/mol. The summed E-state index contributed by atoms with van der Waals surface area (Å²) in [5, 5.41) is 8.92. The van der Waals surface area contributed by atoms with Crippen molar-refractivity contribution >= 4 is 17.5 Å². The van der Waals surface area contributed by atoms with E-state index in [1.807, 2.05) is 19.9 Å². The Morgan fingerprint density at radius 3 is 2.76 bits per heavy atom. The van der Waals surface area contributed by atoms with Gasteiger partial charge in [-0.25, -0.2) is 4.98 Å². The normalized spacial score (nSPS) is 10.1. The minimum Gasteiger partial charge on any atom is -0.335 e. The van der Waals surface area contributed by atoms with Crippen LogP contribution >= 0.6 is 11.6 Å². The molecule has 0 saturated heterocycles. The monoisotopic (exact) mass is 251 g/mol. The number of amides is 1. The van der Waals surface area contributed by atoms with Crippen molar-refractivity contribution in [3.05, 3.63) is 29.0 Å². The van der Waals surface area contributed by atoms with Crippen molar-refractivity contribution in [3.8, 4) is 6.07 Å². The molecule has 5 heteroatoms. The Labute approximate surface area is 106 Å². The summed E-state index contributed by atoms with van der Waals surface area (Å²) >= 11 is 5.66. The second-order valence-corrected chi connectivity index (χ2v) is 4.26. The predicted octanol–water partition coefficient (Wildman–Crippen LogP) is 2.50. The molecule has 0 aliphatic carbocycles. The smallest absolute Gasteiger partial charge is 0.255 e. The molecule has 0 N–H and O–H groups in total. The van der Waals surface area contributed by atoms with Crippen molar-refractivity contribution in [2.75, 3.05) is 6.54 Å². The lowest BCUT2D eigenvalue weighted by atomic mass is 10.2. The molecule has 0 fully saturated rings. The van der Waals surface area contributed by atoms with Gasteiger partial charge in [-0.2, -0.15) is 5.26 Å². The summed E-state index contributed by atoms with van der Waals surface area (Å²) in [7, 11) is 0. The van der Waals surface area contributed by atoms with E-state index >= 15 is 0 Å². The predicted molar refractivity (Wildman–Crippen MR) is 65.6 cm³/mol. The lowest BCUT2D eigenvalue weighted by Crippen LogP contribution is -2.37. The zero-order chi connectivity index (χ0) is 12.8. The third-order valence-electron chi connectivity index (χ3n) is 2.32. The van der Waals surface area contributed by atoms with E-state index in [2.05, 4.69) is 4.98 Å². The number of aromatic nitrogens is 1. The van der Waals surface area contributed by atoms with Gasteiger partial charge in [-0.1, -0.05) is 11.6 Å². The molecular weight excluding hydrogens is 238 g/mol.